The normalized spacial score (nSPS) is 16.9. The third-order valence-electron chi connectivity index (χ3n) is 2.94. The van der Waals surface area contributed by atoms with Gasteiger partial charge in [0.2, 0.25) is 6.10 Å². The molecule has 0 amide bonds. The Bertz CT molecular complexity index is 325. The van der Waals surface area contributed by atoms with Gasteiger partial charge < -0.3 is 9.84 Å². The van der Waals surface area contributed by atoms with Gasteiger partial charge in [-0.1, -0.05) is 6.92 Å². The number of aliphatic hydroxyl groups excluding tert-OH is 1. The summed E-state index contributed by atoms with van der Waals surface area (Å²) in [4.78, 5) is 11.5. The fraction of sp³-hybridized carbons (Fsp3) is 0.909. The molecule has 0 aliphatic heterocycles. The Morgan fingerprint density at radius 2 is 1.63 bits per heavy atom. The molecule has 0 saturated heterocycles. The fourth-order valence-corrected chi connectivity index (χ4v) is 0.984. The predicted octanol–water partition coefficient (Wildman–Crippen LogP) is 2.91. The van der Waals surface area contributed by atoms with E-state index in [9.17, 15) is 26.7 Å². The SMILES string of the molecule is CCC(C)(C)C(=O)OC(C)C(F)(F)C(O)C(F)(F)F. The lowest BCUT2D eigenvalue weighted by Gasteiger charge is -2.31. The van der Waals surface area contributed by atoms with Crippen molar-refractivity contribution in [1.29, 1.82) is 0 Å². The molecule has 2 atom stereocenters. The van der Waals surface area contributed by atoms with Gasteiger partial charge >= 0.3 is 18.1 Å². The monoisotopic (exact) mass is 292 g/mol. The zero-order chi connectivity index (χ0) is 15.6. The Balaban J connectivity index is 4.93. The maximum atomic E-state index is 13.3. The van der Waals surface area contributed by atoms with E-state index in [1.807, 2.05) is 0 Å². The Morgan fingerprint density at radius 3 is 1.95 bits per heavy atom. The van der Waals surface area contributed by atoms with Crippen LogP contribution < -0.4 is 0 Å². The van der Waals surface area contributed by atoms with Crippen LogP contribution in [0, 0.1) is 5.41 Å². The summed E-state index contributed by atoms with van der Waals surface area (Å²) in [5.74, 6) is -5.66. The Hall–Kier alpha value is -0.920. The fourth-order valence-electron chi connectivity index (χ4n) is 0.984. The standard InChI is InChI=1S/C11H17F5O3/c1-5-9(3,4)8(18)19-6(2)10(12,13)7(17)11(14,15)16/h6-7,17H,5H2,1-4H3. The molecule has 0 saturated carbocycles. The lowest BCUT2D eigenvalue weighted by Crippen LogP contribution is -2.52. The van der Waals surface area contributed by atoms with E-state index in [1.165, 1.54) is 13.8 Å². The number of rotatable bonds is 5. The third kappa shape index (κ3) is 4.29. The molecule has 1 N–H and O–H groups in total. The van der Waals surface area contributed by atoms with E-state index in [2.05, 4.69) is 4.74 Å². The van der Waals surface area contributed by atoms with Gasteiger partial charge in [0.25, 0.3) is 0 Å². The van der Waals surface area contributed by atoms with Crippen molar-refractivity contribution >= 4 is 5.97 Å². The van der Waals surface area contributed by atoms with Gasteiger partial charge in [-0.25, -0.2) is 0 Å². The van der Waals surface area contributed by atoms with Crippen LogP contribution in [0.3, 0.4) is 0 Å². The molecule has 0 heterocycles. The number of aliphatic hydroxyl groups is 1. The predicted molar refractivity (Wildman–Crippen MR) is 56.6 cm³/mol. The van der Waals surface area contributed by atoms with Crippen LogP contribution in [-0.4, -0.2) is 35.4 Å². The molecule has 0 aromatic rings. The second-order valence-corrected chi connectivity index (χ2v) is 4.90. The van der Waals surface area contributed by atoms with E-state index < -0.39 is 35.7 Å². The highest BCUT2D eigenvalue weighted by molar-refractivity contribution is 5.76. The summed E-state index contributed by atoms with van der Waals surface area (Å²) in [7, 11) is 0. The molecule has 0 spiro atoms. The Labute approximate surface area is 107 Å². The number of esters is 1. The number of carbonyl (C=O) groups is 1. The summed E-state index contributed by atoms with van der Waals surface area (Å²) >= 11 is 0. The average Bonchev–Trinajstić information content (AvgIpc) is 2.26. The largest absolute Gasteiger partial charge is 0.456 e. The van der Waals surface area contributed by atoms with Crippen molar-refractivity contribution in [2.24, 2.45) is 5.41 Å². The summed E-state index contributed by atoms with van der Waals surface area (Å²) in [6.45, 7) is 5.05. The van der Waals surface area contributed by atoms with E-state index in [1.54, 1.807) is 6.92 Å². The van der Waals surface area contributed by atoms with E-state index in [0.717, 1.165) is 0 Å². The molecule has 19 heavy (non-hydrogen) atoms. The maximum Gasteiger partial charge on any atom is 0.420 e. The van der Waals surface area contributed by atoms with Crippen LogP contribution in [-0.2, 0) is 9.53 Å². The minimum atomic E-state index is -5.50. The van der Waals surface area contributed by atoms with Gasteiger partial charge in [0, 0.05) is 0 Å². The number of carbonyl (C=O) groups excluding carboxylic acids is 1. The summed E-state index contributed by atoms with van der Waals surface area (Å²) in [5, 5.41) is 8.59. The molecular formula is C11H17F5O3. The van der Waals surface area contributed by atoms with Crippen LogP contribution in [0.2, 0.25) is 0 Å². The first-order valence-electron chi connectivity index (χ1n) is 5.60. The molecule has 0 aliphatic carbocycles. The summed E-state index contributed by atoms with van der Waals surface area (Å²) < 4.78 is 67.2. The Kier molecular flexibility index (Phi) is 5.33. The lowest BCUT2D eigenvalue weighted by molar-refractivity contribution is -0.291. The summed E-state index contributed by atoms with van der Waals surface area (Å²) in [6.07, 6.45) is -11.5. The van der Waals surface area contributed by atoms with Crippen molar-refractivity contribution in [3.63, 3.8) is 0 Å². The molecule has 8 heteroatoms. The minimum Gasteiger partial charge on any atom is -0.456 e. The zero-order valence-corrected chi connectivity index (χ0v) is 11.0. The topological polar surface area (TPSA) is 46.5 Å². The number of hydrogen-bond donors (Lipinski definition) is 1. The van der Waals surface area contributed by atoms with Crippen molar-refractivity contribution in [3.05, 3.63) is 0 Å². The van der Waals surface area contributed by atoms with Crippen LogP contribution in [0.25, 0.3) is 0 Å². The molecule has 0 rings (SSSR count). The average molecular weight is 292 g/mol. The van der Waals surface area contributed by atoms with Crippen LogP contribution in [0.15, 0.2) is 0 Å². The van der Waals surface area contributed by atoms with E-state index in [4.69, 9.17) is 5.11 Å². The van der Waals surface area contributed by atoms with Crippen LogP contribution in [0.4, 0.5) is 22.0 Å². The van der Waals surface area contributed by atoms with Gasteiger partial charge in [0.05, 0.1) is 5.41 Å². The van der Waals surface area contributed by atoms with Crippen LogP contribution in [0.1, 0.15) is 34.1 Å². The van der Waals surface area contributed by atoms with Crippen LogP contribution >= 0.6 is 0 Å². The highest BCUT2D eigenvalue weighted by Crippen LogP contribution is 2.36. The van der Waals surface area contributed by atoms with Gasteiger partial charge in [-0.3, -0.25) is 4.79 Å². The first kappa shape index (κ1) is 18.1. The second kappa shape index (κ2) is 5.60. The van der Waals surface area contributed by atoms with Crippen molar-refractivity contribution in [2.75, 3.05) is 0 Å². The number of hydrogen-bond acceptors (Lipinski definition) is 3. The van der Waals surface area contributed by atoms with Gasteiger partial charge in [-0.15, -0.1) is 0 Å². The Morgan fingerprint density at radius 1 is 1.21 bits per heavy atom. The van der Waals surface area contributed by atoms with Crippen molar-refractivity contribution in [1.82, 2.24) is 0 Å². The highest BCUT2D eigenvalue weighted by atomic mass is 19.4. The maximum absolute atomic E-state index is 13.3. The molecule has 0 bridgehead atoms. The quantitative estimate of drug-likeness (QED) is 0.626. The van der Waals surface area contributed by atoms with Gasteiger partial charge in [-0.05, 0) is 27.2 Å². The summed E-state index contributed by atoms with van der Waals surface area (Å²) in [6, 6.07) is 0. The van der Waals surface area contributed by atoms with Crippen molar-refractivity contribution in [2.45, 2.75) is 58.4 Å². The molecule has 0 aromatic heterocycles. The summed E-state index contributed by atoms with van der Waals surface area (Å²) in [5.41, 5.74) is -1.09. The molecular weight excluding hydrogens is 275 g/mol. The third-order valence-corrected chi connectivity index (χ3v) is 2.94. The molecule has 3 nitrogen and oxygen atoms in total. The van der Waals surface area contributed by atoms with E-state index in [0.29, 0.717) is 6.92 Å². The number of halogens is 5. The van der Waals surface area contributed by atoms with E-state index in [-0.39, 0.29) is 6.42 Å². The van der Waals surface area contributed by atoms with Gasteiger partial charge in [0.1, 0.15) is 0 Å². The smallest absolute Gasteiger partial charge is 0.420 e. The highest BCUT2D eigenvalue weighted by Gasteiger charge is 2.59. The minimum absolute atomic E-state index is 0.270. The molecule has 0 fully saturated rings. The van der Waals surface area contributed by atoms with Gasteiger partial charge in [0.15, 0.2) is 6.10 Å². The molecule has 2 unspecified atom stereocenters. The second-order valence-electron chi connectivity index (χ2n) is 4.90. The van der Waals surface area contributed by atoms with Crippen molar-refractivity contribution in [3.8, 4) is 0 Å². The first-order chi connectivity index (χ1) is 8.26. The van der Waals surface area contributed by atoms with Crippen molar-refractivity contribution < 1.29 is 36.6 Å². The molecule has 0 aliphatic rings. The zero-order valence-electron chi connectivity index (χ0n) is 11.0. The molecule has 0 radical (unpaired) electrons. The van der Waals surface area contributed by atoms with Crippen LogP contribution in [0.5, 0.6) is 0 Å². The number of alkyl halides is 5. The van der Waals surface area contributed by atoms with Gasteiger partial charge in [-0.2, -0.15) is 22.0 Å². The van der Waals surface area contributed by atoms with E-state index >= 15 is 0 Å². The first-order valence-corrected chi connectivity index (χ1v) is 5.60. The molecule has 0 aromatic carbocycles. The molecule has 114 valence electrons. The lowest BCUT2D eigenvalue weighted by atomic mass is 9.90. The number of ether oxygens (including phenoxy) is 1.